The summed E-state index contributed by atoms with van der Waals surface area (Å²) < 4.78 is 37.3. The minimum absolute atomic E-state index is 0.221. The first-order valence-electron chi connectivity index (χ1n) is 6.37. The first kappa shape index (κ1) is 14.4. The summed E-state index contributed by atoms with van der Waals surface area (Å²) in [6.07, 6.45) is -0.449. The molecule has 0 heterocycles. The third-order valence-electron chi connectivity index (χ3n) is 3.14. The van der Waals surface area contributed by atoms with Crippen LogP contribution in [-0.2, 0) is 6.18 Å². The third-order valence-corrected chi connectivity index (χ3v) is 3.14. The van der Waals surface area contributed by atoms with E-state index in [1.807, 2.05) is 42.5 Å². The average Bonchev–Trinajstić information content (AvgIpc) is 2.45. The van der Waals surface area contributed by atoms with Crippen molar-refractivity contribution < 1.29 is 13.2 Å². The Balaban J connectivity index is 2.08. The molecule has 0 saturated heterocycles. The van der Waals surface area contributed by atoms with Gasteiger partial charge < -0.3 is 0 Å². The van der Waals surface area contributed by atoms with E-state index in [1.165, 1.54) is 17.7 Å². The van der Waals surface area contributed by atoms with E-state index in [9.17, 15) is 13.2 Å². The molecule has 104 valence electrons. The molecule has 1 unspecified atom stereocenters. The molecule has 20 heavy (non-hydrogen) atoms. The van der Waals surface area contributed by atoms with Gasteiger partial charge in [-0.3, -0.25) is 0 Å². The maximum Gasteiger partial charge on any atom is 0.416 e. The molecule has 2 rings (SSSR count). The summed E-state index contributed by atoms with van der Waals surface area (Å²) in [6, 6.07) is 15.1. The van der Waals surface area contributed by atoms with Crippen LogP contribution in [0, 0.1) is 0 Å². The fraction of sp³-hybridized carbons (Fsp3) is 0.176. The van der Waals surface area contributed by atoms with E-state index in [-0.39, 0.29) is 5.92 Å². The zero-order valence-electron chi connectivity index (χ0n) is 11.1. The van der Waals surface area contributed by atoms with Crippen molar-refractivity contribution in [3.63, 3.8) is 0 Å². The van der Waals surface area contributed by atoms with E-state index in [0.717, 1.165) is 17.7 Å². The van der Waals surface area contributed by atoms with Crippen LogP contribution in [0.2, 0.25) is 0 Å². The van der Waals surface area contributed by atoms with Gasteiger partial charge in [0.2, 0.25) is 0 Å². The molecular weight excluding hydrogens is 261 g/mol. The molecule has 0 nitrogen and oxygen atoms in total. The molecule has 0 aromatic heterocycles. The van der Waals surface area contributed by atoms with Gasteiger partial charge in [-0.15, -0.1) is 0 Å². The van der Waals surface area contributed by atoms with Gasteiger partial charge >= 0.3 is 6.18 Å². The van der Waals surface area contributed by atoms with E-state index < -0.39 is 11.7 Å². The van der Waals surface area contributed by atoms with Gasteiger partial charge in [0.15, 0.2) is 0 Å². The summed E-state index contributed by atoms with van der Waals surface area (Å²) in [5.74, 6) is 0.221. The molecule has 2 aromatic carbocycles. The molecule has 1 atom stereocenters. The Bertz CT molecular complexity index is 565. The van der Waals surface area contributed by atoms with Gasteiger partial charge in [0, 0.05) is 0 Å². The Hall–Kier alpha value is -2.03. The van der Waals surface area contributed by atoms with E-state index >= 15 is 0 Å². The monoisotopic (exact) mass is 276 g/mol. The standard InChI is InChI=1S/C17H15F3/c1-13(15-5-3-2-4-6-15)7-8-14-9-11-16(12-10-14)17(18,19)20/h2-13H,1H3. The van der Waals surface area contributed by atoms with Crippen LogP contribution >= 0.6 is 0 Å². The molecule has 0 spiro atoms. The van der Waals surface area contributed by atoms with Crippen LogP contribution in [0.4, 0.5) is 13.2 Å². The Morgan fingerprint density at radius 2 is 1.50 bits per heavy atom. The molecule has 0 aliphatic carbocycles. The topological polar surface area (TPSA) is 0 Å². The normalized spacial score (nSPS) is 13.6. The summed E-state index contributed by atoms with van der Waals surface area (Å²) in [5, 5.41) is 0. The molecule has 0 N–H and O–H groups in total. The number of rotatable bonds is 3. The van der Waals surface area contributed by atoms with Crippen LogP contribution in [0.25, 0.3) is 6.08 Å². The fourth-order valence-electron chi connectivity index (χ4n) is 1.91. The van der Waals surface area contributed by atoms with E-state index in [0.29, 0.717) is 0 Å². The SMILES string of the molecule is CC(C=Cc1ccc(C(F)(F)F)cc1)c1ccccc1. The second-order valence-electron chi connectivity index (χ2n) is 4.68. The highest BCUT2D eigenvalue weighted by Gasteiger charge is 2.29. The number of hydrogen-bond donors (Lipinski definition) is 0. The van der Waals surface area contributed by atoms with E-state index in [4.69, 9.17) is 0 Å². The first-order valence-corrected chi connectivity index (χ1v) is 6.37. The molecule has 2 aromatic rings. The molecular formula is C17H15F3. The average molecular weight is 276 g/mol. The fourth-order valence-corrected chi connectivity index (χ4v) is 1.91. The number of alkyl halides is 3. The number of halogens is 3. The van der Waals surface area contributed by atoms with Crippen molar-refractivity contribution in [3.8, 4) is 0 Å². The lowest BCUT2D eigenvalue weighted by molar-refractivity contribution is -0.137. The number of hydrogen-bond acceptors (Lipinski definition) is 0. The van der Waals surface area contributed by atoms with Crippen LogP contribution < -0.4 is 0 Å². The lowest BCUT2D eigenvalue weighted by atomic mass is 10.00. The van der Waals surface area contributed by atoms with Crippen LogP contribution in [0.5, 0.6) is 0 Å². The van der Waals surface area contributed by atoms with Gasteiger partial charge in [-0.1, -0.05) is 61.5 Å². The second-order valence-corrected chi connectivity index (χ2v) is 4.68. The van der Waals surface area contributed by atoms with Gasteiger partial charge in [0.25, 0.3) is 0 Å². The van der Waals surface area contributed by atoms with Crippen LogP contribution in [0.15, 0.2) is 60.7 Å². The van der Waals surface area contributed by atoms with Crippen LogP contribution in [0.3, 0.4) is 0 Å². The Labute approximate surface area is 116 Å². The molecule has 0 amide bonds. The maximum atomic E-state index is 12.4. The number of benzene rings is 2. The second kappa shape index (κ2) is 5.95. The lowest BCUT2D eigenvalue weighted by Gasteiger charge is -2.07. The van der Waals surface area contributed by atoms with Crippen molar-refractivity contribution in [1.29, 1.82) is 0 Å². The predicted octanol–water partition coefficient (Wildman–Crippen LogP) is 5.52. The van der Waals surface area contributed by atoms with Crippen molar-refractivity contribution in [3.05, 3.63) is 77.4 Å². The van der Waals surface area contributed by atoms with Crippen molar-refractivity contribution in [2.45, 2.75) is 19.0 Å². The predicted molar refractivity (Wildman–Crippen MR) is 75.3 cm³/mol. The first-order chi connectivity index (χ1) is 9.47. The Kier molecular flexibility index (Phi) is 4.28. The largest absolute Gasteiger partial charge is 0.416 e. The summed E-state index contributed by atoms with van der Waals surface area (Å²) in [6.45, 7) is 2.05. The van der Waals surface area contributed by atoms with Gasteiger partial charge in [0.1, 0.15) is 0 Å². The van der Waals surface area contributed by atoms with Gasteiger partial charge in [-0.05, 0) is 29.2 Å². The Morgan fingerprint density at radius 1 is 0.900 bits per heavy atom. The number of allylic oxidation sites excluding steroid dienone is 1. The van der Waals surface area contributed by atoms with Gasteiger partial charge in [-0.25, -0.2) is 0 Å². The summed E-state index contributed by atoms with van der Waals surface area (Å²) >= 11 is 0. The molecule has 0 bridgehead atoms. The van der Waals surface area contributed by atoms with Crippen molar-refractivity contribution in [2.24, 2.45) is 0 Å². The minimum atomic E-state index is -4.28. The summed E-state index contributed by atoms with van der Waals surface area (Å²) in [4.78, 5) is 0. The van der Waals surface area contributed by atoms with Crippen molar-refractivity contribution in [1.82, 2.24) is 0 Å². The van der Waals surface area contributed by atoms with E-state index in [1.54, 1.807) is 0 Å². The zero-order valence-corrected chi connectivity index (χ0v) is 11.1. The van der Waals surface area contributed by atoms with Crippen molar-refractivity contribution >= 4 is 6.08 Å². The maximum absolute atomic E-state index is 12.4. The quantitative estimate of drug-likeness (QED) is 0.692. The molecule has 0 aliphatic heterocycles. The minimum Gasteiger partial charge on any atom is -0.166 e. The highest BCUT2D eigenvalue weighted by Crippen LogP contribution is 2.29. The molecule has 0 fully saturated rings. The highest BCUT2D eigenvalue weighted by atomic mass is 19.4. The lowest BCUT2D eigenvalue weighted by Crippen LogP contribution is -2.03. The smallest absolute Gasteiger partial charge is 0.166 e. The molecule has 0 radical (unpaired) electrons. The van der Waals surface area contributed by atoms with Crippen LogP contribution in [-0.4, -0.2) is 0 Å². The molecule has 3 heteroatoms. The summed E-state index contributed by atoms with van der Waals surface area (Å²) in [7, 11) is 0. The van der Waals surface area contributed by atoms with Gasteiger partial charge in [-0.2, -0.15) is 13.2 Å². The zero-order chi connectivity index (χ0) is 14.6. The summed E-state index contributed by atoms with van der Waals surface area (Å²) in [5.41, 5.74) is 1.32. The van der Waals surface area contributed by atoms with Gasteiger partial charge in [0.05, 0.1) is 5.56 Å². The highest BCUT2D eigenvalue weighted by molar-refractivity contribution is 5.51. The van der Waals surface area contributed by atoms with E-state index in [2.05, 4.69) is 6.92 Å². The third kappa shape index (κ3) is 3.73. The van der Waals surface area contributed by atoms with Crippen LogP contribution in [0.1, 0.15) is 29.5 Å². The Morgan fingerprint density at radius 3 is 2.05 bits per heavy atom. The molecule has 0 saturated carbocycles. The van der Waals surface area contributed by atoms with Crippen molar-refractivity contribution in [2.75, 3.05) is 0 Å². The molecule has 0 aliphatic rings.